The van der Waals surface area contributed by atoms with Crippen molar-refractivity contribution in [1.82, 2.24) is 9.13 Å². The number of benzene rings is 1. The summed E-state index contributed by atoms with van der Waals surface area (Å²) in [5, 5.41) is 0. The largest absolute Gasteiger partial charge is 0.453 e. The fraction of sp³-hybridized carbons (Fsp3) is 0.273. The Balaban J connectivity index is 1.76. The summed E-state index contributed by atoms with van der Waals surface area (Å²) in [5.74, 6) is -0.695. The number of aromatic nitrogens is 2. The number of hydrogen-bond donors (Lipinski definition) is 0. The van der Waals surface area contributed by atoms with Crippen molar-refractivity contribution in [3.05, 3.63) is 82.9 Å². The lowest BCUT2D eigenvalue weighted by Crippen LogP contribution is -2.17. The fourth-order valence-corrected chi connectivity index (χ4v) is 3.49. The molecule has 27 heavy (non-hydrogen) atoms. The molecule has 0 saturated heterocycles. The number of ether oxygens (including phenoxy) is 1. The number of carbonyl (C=O) groups is 2. The quantitative estimate of drug-likeness (QED) is 0.489. The number of hydrogen-bond acceptors (Lipinski definition) is 3. The number of Topliss-reactive ketones (excluding diaryl/α,β-unsaturated/α-hetero) is 1. The second kappa shape index (κ2) is 7.66. The zero-order valence-corrected chi connectivity index (χ0v) is 16.1. The third kappa shape index (κ3) is 3.72. The summed E-state index contributed by atoms with van der Waals surface area (Å²) in [7, 11) is 1.76. The minimum absolute atomic E-state index is 0.110. The Morgan fingerprint density at radius 1 is 1.07 bits per heavy atom. The van der Waals surface area contributed by atoms with Gasteiger partial charge < -0.3 is 13.9 Å². The van der Waals surface area contributed by atoms with Crippen LogP contribution in [0.25, 0.3) is 0 Å². The SMILES string of the molecule is Cc1cc(C(=O)COC(=O)c2cccn2C)c(C)n1[C@@H](C)c1ccccc1. The topological polar surface area (TPSA) is 53.2 Å². The van der Waals surface area contributed by atoms with Gasteiger partial charge in [-0.3, -0.25) is 4.79 Å². The fourth-order valence-electron chi connectivity index (χ4n) is 3.49. The van der Waals surface area contributed by atoms with Crippen molar-refractivity contribution in [2.24, 2.45) is 7.05 Å². The van der Waals surface area contributed by atoms with Crippen molar-refractivity contribution >= 4 is 11.8 Å². The molecule has 2 heterocycles. The van der Waals surface area contributed by atoms with E-state index in [0.717, 1.165) is 11.4 Å². The molecule has 140 valence electrons. The molecule has 3 aromatic rings. The smallest absolute Gasteiger partial charge is 0.355 e. The molecule has 0 amide bonds. The molecular weight excluding hydrogens is 340 g/mol. The Labute approximate surface area is 159 Å². The van der Waals surface area contributed by atoms with Crippen LogP contribution in [0.1, 0.15) is 50.8 Å². The summed E-state index contributed by atoms with van der Waals surface area (Å²) in [6.07, 6.45) is 1.76. The maximum Gasteiger partial charge on any atom is 0.355 e. The molecule has 0 unspecified atom stereocenters. The molecule has 0 spiro atoms. The normalized spacial score (nSPS) is 12.0. The number of ketones is 1. The van der Waals surface area contributed by atoms with Crippen LogP contribution in [0.5, 0.6) is 0 Å². The van der Waals surface area contributed by atoms with E-state index in [0.29, 0.717) is 11.3 Å². The van der Waals surface area contributed by atoms with Crippen molar-refractivity contribution in [1.29, 1.82) is 0 Å². The Morgan fingerprint density at radius 3 is 2.41 bits per heavy atom. The zero-order valence-electron chi connectivity index (χ0n) is 16.1. The van der Waals surface area contributed by atoms with Gasteiger partial charge in [0, 0.05) is 30.2 Å². The number of carbonyl (C=O) groups excluding carboxylic acids is 2. The van der Waals surface area contributed by atoms with E-state index >= 15 is 0 Å². The molecule has 0 radical (unpaired) electrons. The molecule has 5 nitrogen and oxygen atoms in total. The van der Waals surface area contributed by atoms with Gasteiger partial charge >= 0.3 is 5.97 Å². The van der Waals surface area contributed by atoms with Gasteiger partial charge in [0.2, 0.25) is 5.78 Å². The molecule has 1 aromatic carbocycles. The highest BCUT2D eigenvalue weighted by Crippen LogP contribution is 2.25. The number of aryl methyl sites for hydroxylation is 2. The van der Waals surface area contributed by atoms with E-state index < -0.39 is 5.97 Å². The summed E-state index contributed by atoms with van der Waals surface area (Å²) in [6, 6.07) is 15.6. The van der Waals surface area contributed by atoms with E-state index in [1.807, 2.05) is 38.1 Å². The predicted molar refractivity (Wildman–Crippen MR) is 104 cm³/mol. The number of nitrogens with zero attached hydrogens (tertiary/aromatic N) is 2. The molecule has 0 N–H and O–H groups in total. The van der Waals surface area contributed by atoms with Crippen LogP contribution in [-0.2, 0) is 11.8 Å². The third-order valence-electron chi connectivity index (χ3n) is 4.94. The lowest BCUT2D eigenvalue weighted by Gasteiger charge is -2.19. The molecule has 0 fully saturated rings. The molecule has 0 aliphatic rings. The summed E-state index contributed by atoms with van der Waals surface area (Å²) < 4.78 is 9.02. The van der Waals surface area contributed by atoms with Gasteiger partial charge in [-0.15, -0.1) is 0 Å². The van der Waals surface area contributed by atoms with E-state index in [2.05, 4.69) is 23.6 Å². The second-order valence-corrected chi connectivity index (χ2v) is 6.75. The summed E-state index contributed by atoms with van der Waals surface area (Å²) >= 11 is 0. The standard InChI is InChI=1S/C22H24N2O3/c1-15-13-19(17(3)24(15)16(2)18-9-6-5-7-10-18)21(25)14-27-22(26)20-11-8-12-23(20)4/h5-13,16H,14H2,1-4H3/t16-/m0/s1. The molecule has 0 aliphatic heterocycles. The maximum absolute atomic E-state index is 12.7. The van der Waals surface area contributed by atoms with Gasteiger partial charge in [0.15, 0.2) is 6.61 Å². The third-order valence-corrected chi connectivity index (χ3v) is 4.94. The monoisotopic (exact) mass is 364 g/mol. The molecule has 3 rings (SSSR count). The first-order valence-electron chi connectivity index (χ1n) is 8.95. The van der Waals surface area contributed by atoms with Gasteiger partial charge in [0.1, 0.15) is 5.69 Å². The highest BCUT2D eigenvalue weighted by molar-refractivity contribution is 6.00. The number of rotatable bonds is 6. The Hall–Kier alpha value is -3.08. The first-order valence-corrected chi connectivity index (χ1v) is 8.95. The summed E-state index contributed by atoms with van der Waals surface area (Å²) in [6.45, 7) is 5.75. The van der Waals surface area contributed by atoms with Crippen LogP contribution in [0.3, 0.4) is 0 Å². The first-order chi connectivity index (χ1) is 12.9. The van der Waals surface area contributed by atoms with Gasteiger partial charge in [-0.05, 0) is 44.5 Å². The van der Waals surface area contributed by atoms with E-state index in [-0.39, 0.29) is 18.4 Å². The van der Waals surface area contributed by atoms with E-state index in [1.165, 1.54) is 5.56 Å². The van der Waals surface area contributed by atoms with Crippen LogP contribution in [0.15, 0.2) is 54.7 Å². The number of esters is 1. The average molecular weight is 364 g/mol. The van der Waals surface area contributed by atoms with Crippen LogP contribution in [0, 0.1) is 13.8 Å². The lowest BCUT2D eigenvalue weighted by atomic mass is 10.1. The molecule has 1 atom stereocenters. The maximum atomic E-state index is 12.7. The van der Waals surface area contributed by atoms with Crippen molar-refractivity contribution in [3.8, 4) is 0 Å². The van der Waals surface area contributed by atoms with Gasteiger partial charge in [0.25, 0.3) is 0 Å². The predicted octanol–water partition coefficient (Wildman–Crippen LogP) is 4.09. The van der Waals surface area contributed by atoms with E-state index in [4.69, 9.17) is 4.74 Å². The minimum Gasteiger partial charge on any atom is -0.453 e. The van der Waals surface area contributed by atoms with Crippen molar-refractivity contribution in [2.75, 3.05) is 6.61 Å². The van der Waals surface area contributed by atoms with Crippen molar-refractivity contribution in [2.45, 2.75) is 26.8 Å². The molecule has 5 heteroatoms. The van der Waals surface area contributed by atoms with Crippen LogP contribution in [-0.4, -0.2) is 27.5 Å². The lowest BCUT2D eigenvalue weighted by molar-refractivity contribution is 0.0465. The Morgan fingerprint density at radius 2 is 1.78 bits per heavy atom. The van der Waals surface area contributed by atoms with E-state index in [9.17, 15) is 9.59 Å². The highest BCUT2D eigenvalue weighted by Gasteiger charge is 2.21. The summed E-state index contributed by atoms with van der Waals surface area (Å²) in [4.78, 5) is 24.8. The Kier molecular flexibility index (Phi) is 5.31. The van der Waals surface area contributed by atoms with Crippen molar-refractivity contribution < 1.29 is 14.3 Å². The minimum atomic E-state index is -0.498. The Bertz CT molecular complexity index is 967. The average Bonchev–Trinajstić information content (AvgIpc) is 3.22. The molecule has 2 aromatic heterocycles. The molecule has 0 saturated carbocycles. The highest BCUT2D eigenvalue weighted by atomic mass is 16.5. The van der Waals surface area contributed by atoms with Gasteiger partial charge in [-0.25, -0.2) is 4.79 Å². The summed E-state index contributed by atoms with van der Waals surface area (Å²) in [5.41, 5.74) is 4.07. The molecule has 0 aliphatic carbocycles. The molecular formula is C22H24N2O3. The van der Waals surface area contributed by atoms with Crippen LogP contribution in [0.4, 0.5) is 0 Å². The van der Waals surface area contributed by atoms with Crippen molar-refractivity contribution in [3.63, 3.8) is 0 Å². The van der Waals surface area contributed by atoms with E-state index in [1.54, 1.807) is 29.9 Å². The van der Waals surface area contributed by atoms with Crippen LogP contribution < -0.4 is 0 Å². The van der Waals surface area contributed by atoms with Gasteiger partial charge in [-0.2, -0.15) is 0 Å². The van der Waals surface area contributed by atoms with Gasteiger partial charge in [-0.1, -0.05) is 30.3 Å². The second-order valence-electron chi connectivity index (χ2n) is 6.75. The first kappa shape index (κ1) is 18.7. The van der Waals surface area contributed by atoms with Gasteiger partial charge in [0.05, 0.1) is 6.04 Å². The zero-order chi connectivity index (χ0) is 19.6. The van der Waals surface area contributed by atoms with Crippen LogP contribution >= 0.6 is 0 Å². The molecule has 0 bridgehead atoms. The van der Waals surface area contributed by atoms with Crippen LogP contribution in [0.2, 0.25) is 0 Å².